The SMILES string of the molecule is C=C(C)C1CC[C@]2(N3CC3)CC[C@]3(C)[C@](C)(CCC4[C@@]5(C)CCC(=O)C(C)(C)[C@@H]5CC[C@]43C)C12. The molecule has 0 spiro atoms. The molecule has 2 nitrogen and oxygen atoms in total. The fraction of sp³-hybridized carbons (Fsp3) is 0.906. The molecule has 0 radical (unpaired) electrons. The number of carbonyl (C=O) groups is 1. The molecular formula is C32H51NO. The summed E-state index contributed by atoms with van der Waals surface area (Å²) < 4.78 is 0. The summed E-state index contributed by atoms with van der Waals surface area (Å²) in [6.07, 6.45) is 12.8. The third-order valence-electron chi connectivity index (χ3n) is 14.6. The smallest absolute Gasteiger partial charge is 0.138 e. The third-order valence-corrected chi connectivity index (χ3v) is 14.6. The Balaban J connectivity index is 1.45. The Morgan fingerprint density at radius 2 is 1.47 bits per heavy atom. The van der Waals surface area contributed by atoms with Crippen LogP contribution in [0.5, 0.6) is 0 Å². The number of fused-ring (bicyclic) bond motifs is 7. The van der Waals surface area contributed by atoms with Crippen molar-refractivity contribution < 1.29 is 4.79 Å². The first-order valence-corrected chi connectivity index (χ1v) is 14.7. The summed E-state index contributed by atoms with van der Waals surface area (Å²) in [7, 11) is 0. The van der Waals surface area contributed by atoms with Crippen molar-refractivity contribution in [2.75, 3.05) is 13.1 Å². The van der Waals surface area contributed by atoms with Gasteiger partial charge in [-0.2, -0.15) is 0 Å². The Labute approximate surface area is 209 Å². The first-order chi connectivity index (χ1) is 15.8. The lowest BCUT2D eigenvalue weighted by Crippen LogP contribution is -2.71. The summed E-state index contributed by atoms with van der Waals surface area (Å²) >= 11 is 0. The highest BCUT2D eigenvalue weighted by atomic mass is 16.1. The Morgan fingerprint density at radius 1 is 0.824 bits per heavy atom. The molecule has 5 aliphatic carbocycles. The molecule has 0 N–H and O–H groups in total. The van der Waals surface area contributed by atoms with E-state index in [2.05, 4.69) is 59.9 Å². The van der Waals surface area contributed by atoms with E-state index >= 15 is 0 Å². The van der Waals surface area contributed by atoms with Gasteiger partial charge in [0.05, 0.1) is 0 Å². The van der Waals surface area contributed by atoms with Gasteiger partial charge >= 0.3 is 0 Å². The fourth-order valence-electron chi connectivity index (χ4n) is 12.5. The molecule has 1 aliphatic heterocycles. The molecule has 0 aromatic heterocycles. The number of nitrogens with zero attached hydrogens (tertiary/aromatic N) is 1. The van der Waals surface area contributed by atoms with E-state index in [1.807, 2.05) is 0 Å². The van der Waals surface area contributed by atoms with Crippen molar-refractivity contribution in [2.24, 2.45) is 50.7 Å². The van der Waals surface area contributed by atoms with E-state index in [-0.39, 0.29) is 5.41 Å². The van der Waals surface area contributed by atoms with E-state index in [0.717, 1.165) is 24.7 Å². The molecular weight excluding hydrogens is 414 g/mol. The number of hydrogen-bond acceptors (Lipinski definition) is 2. The number of carbonyl (C=O) groups excluding carboxylic acids is 1. The lowest BCUT2D eigenvalue weighted by atomic mass is 9.29. The Hall–Kier alpha value is -0.630. The van der Waals surface area contributed by atoms with Crippen LogP contribution < -0.4 is 0 Å². The fourth-order valence-corrected chi connectivity index (χ4v) is 12.5. The predicted octanol–water partition coefficient (Wildman–Crippen LogP) is 7.67. The van der Waals surface area contributed by atoms with Crippen LogP contribution in [0, 0.1) is 50.7 Å². The minimum atomic E-state index is -0.145. The van der Waals surface area contributed by atoms with Gasteiger partial charge in [-0.3, -0.25) is 9.69 Å². The van der Waals surface area contributed by atoms with Gasteiger partial charge in [-0.1, -0.05) is 53.7 Å². The van der Waals surface area contributed by atoms with Crippen LogP contribution in [0.15, 0.2) is 12.2 Å². The van der Waals surface area contributed by atoms with Gasteiger partial charge in [0, 0.05) is 30.5 Å². The van der Waals surface area contributed by atoms with Crippen LogP contribution in [0.25, 0.3) is 0 Å². The lowest BCUT2D eigenvalue weighted by molar-refractivity contribution is -0.265. The number of Topliss-reactive ketones (excluding diaryl/α,β-unsaturated/α-hetero) is 1. The molecule has 6 aliphatic rings. The second-order valence-electron chi connectivity index (χ2n) is 15.6. The molecule has 1 saturated heterocycles. The van der Waals surface area contributed by atoms with E-state index in [9.17, 15) is 4.79 Å². The van der Waals surface area contributed by atoms with Crippen molar-refractivity contribution in [3.63, 3.8) is 0 Å². The van der Waals surface area contributed by atoms with E-state index < -0.39 is 0 Å². The van der Waals surface area contributed by atoms with Crippen LogP contribution in [0.1, 0.15) is 113 Å². The first-order valence-electron chi connectivity index (χ1n) is 14.7. The highest BCUT2D eigenvalue weighted by Crippen LogP contribution is 2.80. The Bertz CT molecular complexity index is 931. The molecule has 0 aromatic rings. The van der Waals surface area contributed by atoms with Gasteiger partial charge in [0.1, 0.15) is 5.78 Å². The molecule has 9 atom stereocenters. The van der Waals surface area contributed by atoms with Crippen molar-refractivity contribution >= 4 is 5.78 Å². The lowest BCUT2D eigenvalue weighted by Gasteiger charge is -2.76. The maximum Gasteiger partial charge on any atom is 0.138 e. The van der Waals surface area contributed by atoms with Gasteiger partial charge in [0.25, 0.3) is 0 Å². The Kier molecular flexibility index (Phi) is 4.76. The molecule has 0 amide bonds. The monoisotopic (exact) mass is 465 g/mol. The van der Waals surface area contributed by atoms with Crippen LogP contribution in [0.2, 0.25) is 0 Å². The van der Waals surface area contributed by atoms with Crippen molar-refractivity contribution in [2.45, 2.75) is 118 Å². The number of ketones is 1. The zero-order chi connectivity index (χ0) is 24.5. The highest BCUT2D eigenvalue weighted by Gasteiger charge is 2.75. The normalized spacial score (nSPS) is 56.1. The summed E-state index contributed by atoms with van der Waals surface area (Å²) in [5, 5.41) is 0. The van der Waals surface area contributed by atoms with Crippen molar-refractivity contribution in [1.29, 1.82) is 0 Å². The molecule has 2 heteroatoms. The van der Waals surface area contributed by atoms with Crippen LogP contribution in [0.4, 0.5) is 0 Å². The van der Waals surface area contributed by atoms with Gasteiger partial charge < -0.3 is 0 Å². The minimum absolute atomic E-state index is 0.145. The van der Waals surface area contributed by atoms with Crippen LogP contribution in [-0.2, 0) is 4.79 Å². The minimum Gasteiger partial charge on any atom is -0.299 e. The van der Waals surface area contributed by atoms with Gasteiger partial charge in [0.2, 0.25) is 0 Å². The first kappa shape index (κ1) is 23.7. The van der Waals surface area contributed by atoms with E-state index in [1.54, 1.807) is 0 Å². The maximum atomic E-state index is 13.0. The van der Waals surface area contributed by atoms with Crippen LogP contribution in [-0.4, -0.2) is 29.3 Å². The van der Waals surface area contributed by atoms with Gasteiger partial charge in [-0.15, -0.1) is 0 Å². The molecule has 0 bridgehead atoms. The average Bonchev–Trinajstić information content (AvgIpc) is 3.53. The maximum absolute atomic E-state index is 13.0. The number of rotatable bonds is 2. The summed E-state index contributed by atoms with van der Waals surface area (Å²) in [5.74, 6) is 3.31. The molecule has 5 saturated carbocycles. The molecule has 3 unspecified atom stereocenters. The van der Waals surface area contributed by atoms with Crippen molar-refractivity contribution in [3.05, 3.63) is 12.2 Å². The third kappa shape index (κ3) is 2.51. The quantitative estimate of drug-likeness (QED) is 0.308. The second kappa shape index (κ2) is 6.81. The van der Waals surface area contributed by atoms with Gasteiger partial charge in [-0.05, 0) is 110 Å². The summed E-state index contributed by atoms with van der Waals surface area (Å²) in [5.41, 5.74) is 3.18. The van der Waals surface area contributed by atoms with Crippen molar-refractivity contribution in [1.82, 2.24) is 4.90 Å². The summed E-state index contributed by atoms with van der Waals surface area (Å²) in [6, 6.07) is 0. The zero-order valence-corrected chi connectivity index (χ0v) is 23.4. The molecule has 1 heterocycles. The average molecular weight is 466 g/mol. The molecule has 190 valence electrons. The summed E-state index contributed by atoms with van der Waals surface area (Å²) in [6.45, 7) is 25.0. The second-order valence-corrected chi connectivity index (χ2v) is 15.6. The molecule has 6 rings (SSSR count). The van der Waals surface area contributed by atoms with Gasteiger partial charge in [0.15, 0.2) is 0 Å². The number of allylic oxidation sites excluding steroid dienone is 1. The van der Waals surface area contributed by atoms with Crippen molar-refractivity contribution in [3.8, 4) is 0 Å². The topological polar surface area (TPSA) is 20.1 Å². The Morgan fingerprint density at radius 3 is 2.12 bits per heavy atom. The van der Waals surface area contributed by atoms with E-state index in [0.29, 0.717) is 44.8 Å². The predicted molar refractivity (Wildman–Crippen MR) is 140 cm³/mol. The molecule has 6 fully saturated rings. The van der Waals surface area contributed by atoms with Gasteiger partial charge in [-0.25, -0.2) is 0 Å². The zero-order valence-electron chi connectivity index (χ0n) is 23.4. The molecule has 34 heavy (non-hydrogen) atoms. The largest absolute Gasteiger partial charge is 0.299 e. The standard InChI is InChI=1S/C32H51NO/c1-21(2)22-9-16-32(33-19-20-33)18-17-31(8)29(6)14-10-23-27(3,4)25(34)12-13-28(23,5)24(29)11-15-30(31,7)26(22)32/h22-24,26H,1,9-20H2,2-8H3/t22?,23-,24?,26?,28-,29+,30+,31-,32-/m0/s1. The van der Waals surface area contributed by atoms with Crippen LogP contribution >= 0.6 is 0 Å². The van der Waals surface area contributed by atoms with E-state index in [1.165, 1.54) is 70.0 Å². The molecule has 0 aromatic carbocycles. The highest BCUT2D eigenvalue weighted by molar-refractivity contribution is 5.85. The van der Waals surface area contributed by atoms with Crippen LogP contribution in [0.3, 0.4) is 0 Å². The number of hydrogen-bond donors (Lipinski definition) is 0. The van der Waals surface area contributed by atoms with E-state index in [4.69, 9.17) is 0 Å². The summed E-state index contributed by atoms with van der Waals surface area (Å²) in [4.78, 5) is 15.9.